The van der Waals surface area contributed by atoms with Gasteiger partial charge >= 0.3 is 29.0 Å². The second-order valence-corrected chi connectivity index (χ2v) is 6.61. The van der Waals surface area contributed by atoms with Crippen molar-refractivity contribution < 1.29 is 29.7 Å². The van der Waals surface area contributed by atoms with E-state index in [1.165, 1.54) is 25.6 Å². The number of nitrogens with zero attached hydrogens (tertiary/aromatic N) is 1. The number of carboxylic acids is 2. The van der Waals surface area contributed by atoms with Gasteiger partial charge in [0.25, 0.3) is 0 Å². The van der Waals surface area contributed by atoms with Crippen LogP contribution < -0.4 is 15.5 Å². The zero-order valence-electron chi connectivity index (χ0n) is 14.9. The van der Waals surface area contributed by atoms with E-state index in [1.807, 2.05) is 12.5 Å². The third-order valence-corrected chi connectivity index (χ3v) is 3.78. The van der Waals surface area contributed by atoms with Gasteiger partial charge in [-0.2, -0.15) is 23.5 Å². The molecule has 0 rings (SSSR count). The Kier molecular flexibility index (Phi) is 21.1. The fourth-order valence-electron chi connectivity index (χ4n) is 1.42. The molecule has 0 spiro atoms. The van der Waals surface area contributed by atoms with E-state index in [4.69, 9.17) is 5.11 Å². The average molecular weight is 405 g/mol. The van der Waals surface area contributed by atoms with Crippen molar-refractivity contribution >= 4 is 70.3 Å². The normalized spacial score (nSPS) is 12.7. The maximum atomic E-state index is 10.5. The van der Waals surface area contributed by atoms with Gasteiger partial charge in [0, 0.05) is 6.92 Å². The van der Waals surface area contributed by atoms with Crippen LogP contribution >= 0.6 is 23.5 Å². The number of carboxylic acid groups (broad SMARTS) is 2. The van der Waals surface area contributed by atoms with Crippen molar-refractivity contribution in [3.8, 4) is 0 Å². The summed E-state index contributed by atoms with van der Waals surface area (Å²) in [6, 6.07) is -1.72. The molecule has 0 saturated carbocycles. The minimum absolute atomic E-state index is 0. The summed E-state index contributed by atoms with van der Waals surface area (Å²) in [6.07, 6.45) is 4.58. The van der Waals surface area contributed by atoms with E-state index >= 15 is 0 Å². The molecule has 0 aliphatic rings. The standard InChI is InChI=1S/2C7H13NO3S.Mg/c2*1-5(9)8-6(7(10)11)3-4-12-2;/h2*6H,3-4H2,1-2H3,(H,8,9)(H,10,11);/q;;+2/p-2/t2*6-;/m11./s1. The number of thioether (sulfide) groups is 2. The van der Waals surface area contributed by atoms with Gasteiger partial charge in [-0.25, -0.2) is 4.79 Å². The minimum Gasteiger partial charge on any atom is -0.862 e. The molecule has 2 N–H and O–H groups in total. The van der Waals surface area contributed by atoms with Crippen molar-refractivity contribution in [1.29, 1.82) is 0 Å². The predicted molar refractivity (Wildman–Crippen MR) is 98.9 cm³/mol. The van der Waals surface area contributed by atoms with Gasteiger partial charge in [0.05, 0.1) is 12.0 Å². The van der Waals surface area contributed by atoms with Gasteiger partial charge in [0.15, 0.2) is 0 Å². The zero-order valence-corrected chi connectivity index (χ0v) is 18.0. The Hall–Kier alpha value is -0.654. The Morgan fingerprint density at radius 2 is 1.56 bits per heavy atom. The molecule has 0 aromatic rings. The number of nitrogens with one attached hydrogen (secondary N) is 1. The second kappa shape index (κ2) is 18.1. The molecular formula is C14H24MgN2O6S2. The summed E-state index contributed by atoms with van der Waals surface area (Å²) in [5.74, 6) is -1.63. The first-order valence-electron chi connectivity index (χ1n) is 7.05. The average Bonchev–Trinajstić information content (AvgIpc) is 2.47. The van der Waals surface area contributed by atoms with Crippen LogP contribution in [0, 0.1) is 0 Å². The molecule has 0 bridgehead atoms. The van der Waals surface area contributed by atoms with Crippen LogP contribution in [-0.2, 0) is 14.4 Å². The van der Waals surface area contributed by atoms with Crippen molar-refractivity contribution in [3.05, 3.63) is 0 Å². The van der Waals surface area contributed by atoms with E-state index in [9.17, 15) is 24.6 Å². The summed E-state index contributed by atoms with van der Waals surface area (Å²) < 4.78 is 0. The molecule has 2 atom stereocenters. The van der Waals surface area contributed by atoms with Gasteiger partial charge in [-0.1, -0.05) is 0 Å². The maximum absolute atomic E-state index is 10.5. The van der Waals surface area contributed by atoms with Crippen LogP contribution in [0.3, 0.4) is 0 Å². The van der Waals surface area contributed by atoms with E-state index in [1.54, 1.807) is 11.8 Å². The van der Waals surface area contributed by atoms with Crippen molar-refractivity contribution in [3.63, 3.8) is 0 Å². The molecule has 0 aliphatic heterocycles. The first-order valence-corrected chi connectivity index (χ1v) is 9.84. The molecule has 0 aliphatic carbocycles. The largest absolute Gasteiger partial charge is 2.00 e. The zero-order chi connectivity index (χ0) is 19.1. The van der Waals surface area contributed by atoms with Crippen LogP contribution in [0.25, 0.3) is 0 Å². The van der Waals surface area contributed by atoms with E-state index in [0.29, 0.717) is 18.6 Å². The fraction of sp³-hybridized carbons (Fsp3) is 0.714. The third kappa shape index (κ3) is 19.5. The summed E-state index contributed by atoms with van der Waals surface area (Å²) in [5.41, 5.74) is 0. The van der Waals surface area contributed by atoms with Crippen LogP contribution in [-0.4, -0.2) is 88.0 Å². The number of carbonyl (C=O) groups is 3. The van der Waals surface area contributed by atoms with E-state index in [0.717, 1.165) is 5.75 Å². The van der Waals surface area contributed by atoms with Crippen LogP contribution in [0.1, 0.15) is 26.7 Å². The number of rotatable bonds is 10. The van der Waals surface area contributed by atoms with Gasteiger partial charge in [-0.15, -0.1) is 0 Å². The predicted octanol–water partition coefficient (Wildman–Crippen LogP) is -1.42. The molecular weight excluding hydrogens is 381 g/mol. The van der Waals surface area contributed by atoms with Crippen molar-refractivity contribution in [1.82, 2.24) is 5.32 Å². The van der Waals surface area contributed by atoms with Gasteiger partial charge in [0.2, 0.25) is 5.91 Å². The van der Waals surface area contributed by atoms with E-state index < -0.39 is 29.9 Å². The molecule has 0 heterocycles. The molecule has 11 heteroatoms. The summed E-state index contributed by atoms with van der Waals surface area (Å²) >= 11 is 3.07. The Balaban J connectivity index is -0.000000372. The molecule has 8 nitrogen and oxygen atoms in total. The Bertz CT molecular complexity index is 434. The van der Waals surface area contributed by atoms with Gasteiger partial charge < -0.3 is 25.4 Å². The Morgan fingerprint density at radius 3 is 1.88 bits per heavy atom. The van der Waals surface area contributed by atoms with Gasteiger partial charge in [-0.05, 0) is 49.7 Å². The number of hydrogen-bond donors (Lipinski definition) is 2. The smallest absolute Gasteiger partial charge is 0.862 e. The summed E-state index contributed by atoms with van der Waals surface area (Å²) in [7, 11) is 0. The Morgan fingerprint density at radius 1 is 1.08 bits per heavy atom. The van der Waals surface area contributed by atoms with Crippen molar-refractivity contribution in [2.45, 2.75) is 38.8 Å². The first-order chi connectivity index (χ1) is 11.1. The molecule has 25 heavy (non-hydrogen) atoms. The summed E-state index contributed by atoms with van der Waals surface area (Å²) in [6.45, 7) is 2.55. The number of aliphatic imine (C=N–C) groups is 1. The van der Waals surface area contributed by atoms with Crippen molar-refractivity contribution in [2.75, 3.05) is 24.0 Å². The molecule has 140 valence electrons. The molecule has 0 fully saturated rings. The van der Waals surface area contributed by atoms with Crippen LogP contribution in [0.5, 0.6) is 0 Å². The Labute approximate surface area is 172 Å². The number of aliphatic carboxylic acids is 2. The molecule has 1 amide bonds. The van der Waals surface area contributed by atoms with Crippen molar-refractivity contribution in [2.24, 2.45) is 4.99 Å². The van der Waals surface area contributed by atoms with Gasteiger partial charge in [0.1, 0.15) is 6.04 Å². The SMILES string of the molecule is CSCC[C@@H](N=C(C)[O-])C(=O)[O-].CSCC[C@@H](NC(C)=O)C(=O)O.[Mg+2]. The minimum atomic E-state index is -1.28. The van der Waals surface area contributed by atoms with Crippen LogP contribution in [0.15, 0.2) is 4.99 Å². The number of carbonyl (C=O) groups excluding carboxylic acids is 2. The monoisotopic (exact) mass is 404 g/mol. The fourth-order valence-corrected chi connectivity index (χ4v) is 2.35. The van der Waals surface area contributed by atoms with Gasteiger partial charge in [-0.3, -0.25) is 9.79 Å². The van der Waals surface area contributed by atoms with E-state index in [-0.39, 0.29) is 29.0 Å². The molecule has 0 unspecified atom stereocenters. The van der Waals surface area contributed by atoms with Crippen LogP contribution in [0.2, 0.25) is 0 Å². The van der Waals surface area contributed by atoms with E-state index in [2.05, 4.69) is 10.3 Å². The summed E-state index contributed by atoms with van der Waals surface area (Å²) in [4.78, 5) is 34.8. The quantitative estimate of drug-likeness (QED) is 0.257. The molecule has 0 saturated heterocycles. The third-order valence-electron chi connectivity index (χ3n) is 2.49. The molecule has 0 aromatic heterocycles. The summed E-state index contributed by atoms with van der Waals surface area (Å²) in [5, 5.41) is 31.8. The molecule has 0 radical (unpaired) electrons. The van der Waals surface area contributed by atoms with Crippen LogP contribution in [0.4, 0.5) is 0 Å². The molecule has 0 aromatic carbocycles. The maximum Gasteiger partial charge on any atom is 2.00 e. The number of amides is 1. The second-order valence-electron chi connectivity index (χ2n) is 4.64. The number of hydrogen-bond acceptors (Lipinski definition) is 8. The topological polar surface area (TPSA) is 142 Å². The first kappa shape index (κ1) is 29.1.